The molecule has 2 rings (SSSR count). The van der Waals surface area contributed by atoms with Gasteiger partial charge in [0.1, 0.15) is 11.9 Å². The van der Waals surface area contributed by atoms with Gasteiger partial charge in [-0.3, -0.25) is 4.79 Å². The summed E-state index contributed by atoms with van der Waals surface area (Å²) in [5, 5.41) is 11.2. The van der Waals surface area contributed by atoms with Crippen LogP contribution in [0, 0.1) is 5.82 Å². The first-order valence-electron chi connectivity index (χ1n) is 7.18. The lowest BCUT2D eigenvalue weighted by atomic mass is 10.1. The predicted octanol–water partition coefficient (Wildman–Crippen LogP) is 1.77. The highest BCUT2D eigenvalue weighted by molar-refractivity contribution is 5.74. The lowest BCUT2D eigenvalue weighted by Crippen LogP contribution is -2.47. The molecule has 1 fully saturated rings. The van der Waals surface area contributed by atoms with Crippen molar-refractivity contribution in [1.29, 1.82) is 0 Å². The van der Waals surface area contributed by atoms with Gasteiger partial charge in [0.15, 0.2) is 0 Å². The Bertz CT molecular complexity index is 538. The summed E-state index contributed by atoms with van der Waals surface area (Å²) in [6.45, 7) is 1.33. The summed E-state index contributed by atoms with van der Waals surface area (Å²) < 4.78 is 19.3. The lowest BCUT2D eigenvalue weighted by molar-refractivity contribution is -0.137. The topological polar surface area (TPSA) is 78.9 Å². The molecule has 0 bridgehead atoms. The molecule has 22 heavy (non-hydrogen) atoms. The molecule has 0 spiro atoms. The van der Waals surface area contributed by atoms with Gasteiger partial charge in [-0.2, -0.15) is 0 Å². The molecule has 0 saturated carbocycles. The van der Waals surface area contributed by atoms with E-state index in [-0.39, 0.29) is 24.8 Å². The Hall–Kier alpha value is -2.15. The maximum Gasteiger partial charge on any atom is 0.317 e. The highest BCUT2D eigenvalue weighted by atomic mass is 19.1. The van der Waals surface area contributed by atoms with E-state index in [9.17, 15) is 14.0 Å². The molecule has 1 unspecified atom stereocenters. The molecule has 6 nitrogen and oxygen atoms in total. The van der Waals surface area contributed by atoms with Crippen LogP contribution in [0.15, 0.2) is 24.3 Å². The molecule has 1 aliphatic rings. The summed E-state index contributed by atoms with van der Waals surface area (Å²) in [5.74, 6) is -1.24. The number of nitrogens with zero attached hydrogens (tertiary/aromatic N) is 1. The fourth-order valence-corrected chi connectivity index (χ4v) is 2.30. The molecular formula is C15H19FN2O4. The van der Waals surface area contributed by atoms with Crippen LogP contribution in [-0.4, -0.2) is 48.2 Å². The van der Waals surface area contributed by atoms with E-state index in [1.54, 1.807) is 23.1 Å². The van der Waals surface area contributed by atoms with Crippen LogP contribution in [0.2, 0.25) is 0 Å². The van der Waals surface area contributed by atoms with Crippen molar-refractivity contribution in [3.05, 3.63) is 35.6 Å². The minimum atomic E-state index is -0.889. The number of ether oxygens (including phenoxy) is 1. The number of aliphatic carboxylic acids is 1. The second-order valence-electron chi connectivity index (χ2n) is 5.06. The van der Waals surface area contributed by atoms with Gasteiger partial charge in [-0.15, -0.1) is 0 Å². The maximum atomic E-state index is 13.8. The largest absolute Gasteiger partial charge is 0.481 e. The third-order valence-corrected chi connectivity index (χ3v) is 3.45. The average molecular weight is 310 g/mol. The van der Waals surface area contributed by atoms with Crippen molar-refractivity contribution < 1.29 is 23.8 Å². The number of nitrogens with one attached hydrogen (secondary N) is 1. The average Bonchev–Trinajstić information content (AvgIpc) is 2.52. The number of rotatable bonds is 5. The number of carbonyl (C=O) groups excluding carboxylic acids is 1. The van der Waals surface area contributed by atoms with E-state index in [0.29, 0.717) is 31.7 Å². The Labute approximate surface area is 127 Å². The fraction of sp³-hybridized carbons (Fsp3) is 0.467. The number of carbonyl (C=O) groups is 2. The van der Waals surface area contributed by atoms with Gasteiger partial charge >= 0.3 is 12.0 Å². The summed E-state index contributed by atoms with van der Waals surface area (Å²) >= 11 is 0. The highest BCUT2D eigenvalue weighted by Gasteiger charge is 2.26. The van der Waals surface area contributed by atoms with Gasteiger partial charge in [0.2, 0.25) is 0 Å². The normalized spacial score (nSPS) is 18.0. The van der Waals surface area contributed by atoms with Crippen LogP contribution < -0.4 is 5.32 Å². The molecule has 1 atom stereocenters. The standard InChI is InChI=1S/C15H19FN2O4/c16-12-5-2-1-4-11(12)13-10-18(8-9-22-13)15(21)17-7-3-6-14(19)20/h1-2,4-5,13H,3,6-10H2,(H,17,21)(H,19,20). The molecule has 2 amide bonds. The number of morpholine rings is 1. The van der Waals surface area contributed by atoms with Crippen molar-refractivity contribution in [1.82, 2.24) is 10.2 Å². The Morgan fingerprint density at radius 1 is 1.41 bits per heavy atom. The zero-order chi connectivity index (χ0) is 15.9. The summed E-state index contributed by atoms with van der Waals surface area (Å²) in [6.07, 6.45) is -0.0941. The van der Waals surface area contributed by atoms with E-state index < -0.39 is 12.1 Å². The molecule has 0 aliphatic carbocycles. The van der Waals surface area contributed by atoms with Crippen molar-refractivity contribution >= 4 is 12.0 Å². The maximum absolute atomic E-state index is 13.8. The van der Waals surface area contributed by atoms with Gasteiger partial charge in [-0.1, -0.05) is 18.2 Å². The van der Waals surface area contributed by atoms with Crippen molar-refractivity contribution in [3.63, 3.8) is 0 Å². The first kappa shape index (κ1) is 16.2. The van der Waals surface area contributed by atoms with Gasteiger partial charge < -0.3 is 20.1 Å². The molecule has 1 aromatic rings. The zero-order valence-corrected chi connectivity index (χ0v) is 12.1. The van der Waals surface area contributed by atoms with Gasteiger partial charge in [0.25, 0.3) is 0 Å². The number of carboxylic acid groups (broad SMARTS) is 1. The minimum absolute atomic E-state index is 0.0151. The molecule has 7 heteroatoms. The van der Waals surface area contributed by atoms with Crippen LogP contribution in [0.25, 0.3) is 0 Å². The van der Waals surface area contributed by atoms with Gasteiger partial charge in [0.05, 0.1) is 13.2 Å². The van der Waals surface area contributed by atoms with Crippen molar-refractivity contribution in [3.8, 4) is 0 Å². The van der Waals surface area contributed by atoms with Crippen LogP contribution in [0.5, 0.6) is 0 Å². The van der Waals surface area contributed by atoms with Crippen molar-refractivity contribution in [2.24, 2.45) is 0 Å². The third-order valence-electron chi connectivity index (χ3n) is 3.45. The van der Waals surface area contributed by atoms with E-state index in [2.05, 4.69) is 5.32 Å². The number of hydrogen-bond acceptors (Lipinski definition) is 3. The van der Waals surface area contributed by atoms with Crippen LogP contribution in [-0.2, 0) is 9.53 Å². The van der Waals surface area contributed by atoms with Crippen LogP contribution in [0.3, 0.4) is 0 Å². The Morgan fingerprint density at radius 3 is 2.91 bits per heavy atom. The van der Waals surface area contributed by atoms with E-state index in [1.165, 1.54) is 6.07 Å². The smallest absolute Gasteiger partial charge is 0.317 e. The molecule has 0 aromatic heterocycles. The Morgan fingerprint density at radius 2 is 2.18 bits per heavy atom. The quantitative estimate of drug-likeness (QED) is 0.813. The van der Waals surface area contributed by atoms with E-state index in [0.717, 1.165) is 0 Å². The number of halogens is 1. The summed E-state index contributed by atoms with van der Waals surface area (Å²) in [4.78, 5) is 24.0. The third kappa shape index (κ3) is 4.42. The van der Waals surface area contributed by atoms with E-state index >= 15 is 0 Å². The first-order chi connectivity index (χ1) is 10.6. The molecule has 1 aliphatic heterocycles. The highest BCUT2D eigenvalue weighted by Crippen LogP contribution is 2.24. The molecular weight excluding hydrogens is 291 g/mol. The second-order valence-corrected chi connectivity index (χ2v) is 5.06. The Kier molecular flexibility index (Phi) is 5.71. The van der Waals surface area contributed by atoms with Crippen molar-refractivity contribution in [2.75, 3.05) is 26.2 Å². The molecule has 0 radical (unpaired) electrons. The predicted molar refractivity (Wildman–Crippen MR) is 76.9 cm³/mol. The van der Waals surface area contributed by atoms with Gasteiger partial charge in [0, 0.05) is 25.1 Å². The van der Waals surface area contributed by atoms with Crippen LogP contribution in [0.4, 0.5) is 9.18 Å². The van der Waals surface area contributed by atoms with E-state index in [4.69, 9.17) is 9.84 Å². The van der Waals surface area contributed by atoms with Crippen molar-refractivity contribution in [2.45, 2.75) is 18.9 Å². The van der Waals surface area contributed by atoms with Crippen LogP contribution in [0.1, 0.15) is 24.5 Å². The van der Waals surface area contributed by atoms with E-state index in [1.807, 2.05) is 0 Å². The number of carboxylic acids is 1. The minimum Gasteiger partial charge on any atom is -0.481 e. The number of amides is 2. The summed E-state index contributed by atoms with van der Waals surface area (Å²) in [6, 6.07) is 6.06. The number of urea groups is 1. The molecule has 2 N–H and O–H groups in total. The Balaban J connectivity index is 1.86. The van der Waals surface area contributed by atoms with Gasteiger partial charge in [-0.25, -0.2) is 9.18 Å². The van der Waals surface area contributed by atoms with Gasteiger partial charge in [-0.05, 0) is 12.5 Å². The molecule has 120 valence electrons. The second kappa shape index (κ2) is 7.74. The molecule has 1 saturated heterocycles. The zero-order valence-electron chi connectivity index (χ0n) is 12.1. The first-order valence-corrected chi connectivity index (χ1v) is 7.18. The SMILES string of the molecule is O=C(O)CCCNC(=O)N1CCOC(c2ccccc2F)C1. The molecule has 1 aromatic carbocycles. The van der Waals surface area contributed by atoms with Crippen LogP contribution >= 0.6 is 0 Å². The summed E-state index contributed by atoms with van der Waals surface area (Å²) in [5.41, 5.74) is 0.436. The fourth-order valence-electron chi connectivity index (χ4n) is 2.30. The number of hydrogen-bond donors (Lipinski definition) is 2. The number of benzene rings is 1. The monoisotopic (exact) mass is 310 g/mol. The summed E-state index contributed by atoms with van der Waals surface area (Å²) in [7, 11) is 0. The lowest BCUT2D eigenvalue weighted by Gasteiger charge is -2.33. The molecule has 1 heterocycles.